The average Bonchev–Trinajstić information content (AvgIpc) is 2.29. The molecular formula is C15H33IN4O2. The quantitative estimate of drug-likeness (QED) is 0.358. The van der Waals surface area contributed by atoms with E-state index in [4.69, 9.17) is 4.74 Å². The number of aliphatic imine (C=N–C) groups is 1. The number of rotatable bonds is 5. The van der Waals surface area contributed by atoms with E-state index in [2.05, 4.69) is 34.8 Å². The van der Waals surface area contributed by atoms with Gasteiger partial charge in [-0.05, 0) is 40.5 Å². The van der Waals surface area contributed by atoms with Gasteiger partial charge in [0.05, 0.1) is 6.04 Å². The van der Waals surface area contributed by atoms with Gasteiger partial charge in [-0.1, -0.05) is 13.8 Å². The van der Waals surface area contributed by atoms with E-state index in [0.717, 1.165) is 5.96 Å². The van der Waals surface area contributed by atoms with Crippen LogP contribution >= 0.6 is 24.0 Å². The van der Waals surface area contributed by atoms with E-state index in [-0.39, 0.29) is 35.9 Å². The first-order valence-electron chi connectivity index (χ1n) is 7.52. The second kappa shape index (κ2) is 10.9. The molecule has 0 fully saturated rings. The number of nitrogens with one attached hydrogen (secondary N) is 3. The third kappa shape index (κ3) is 11.9. The van der Waals surface area contributed by atoms with Crippen LogP contribution in [-0.2, 0) is 4.74 Å². The first kappa shape index (κ1) is 23.5. The Kier molecular flexibility index (Phi) is 11.7. The Balaban J connectivity index is 0. The standard InChI is InChI=1S/C15H32N4O2.HI/c1-10(2)12(19-14(20)21-15(5,6)7)9-17-13(16-8)18-11(3)4;/h10-12H,9H2,1-8H3,(H,19,20)(H2,16,17,18);1H. The first-order chi connectivity index (χ1) is 9.55. The van der Waals surface area contributed by atoms with Gasteiger partial charge in [0.1, 0.15) is 5.60 Å². The van der Waals surface area contributed by atoms with Crippen molar-refractivity contribution in [2.45, 2.75) is 66.2 Å². The lowest BCUT2D eigenvalue weighted by Crippen LogP contribution is -2.51. The van der Waals surface area contributed by atoms with Crippen molar-refractivity contribution in [1.82, 2.24) is 16.0 Å². The average molecular weight is 428 g/mol. The van der Waals surface area contributed by atoms with Crippen molar-refractivity contribution in [1.29, 1.82) is 0 Å². The summed E-state index contributed by atoms with van der Waals surface area (Å²) in [6.45, 7) is 14.3. The Morgan fingerprint density at radius 3 is 2.05 bits per heavy atom. The lowest BCUT2D eigenvalue weighted by atomic mass is 10.0. The molecule has 0 aliphatic rings. The number of hydrogen-bond acceptors (Lipinski definition) is 3. The summed E-state index contributed by atoms with van der Waals surface area (Å²) < 4.78 is 5.29. The van der Waals surface area contributed by atoms with E-state index >= 15 is 0 Å². The number of carbonyl (C=O) groups is 1. The molecule has 0 rings (SSSR count). The van der Waals surface area contributed by atoms with E-state index < -0.39 is 11.7 Å². The molecular weight excluding hydrogens is 395 g/mol. The molecule has 0 spiro atoms. The van der Waals surface area contributed by atoms with E-state index in [1.165, 1.54) is 0 Å². The zero-order valence-corrected chi connectivity index (χ0v) is 17.4. The maximum Gasteiger partial charge on any atom is 0.407 e. The van der Waals surface area contributed by atoms with Gasteiger partial charge in [-0.15, -0.1) is 24.0 Å². The number of ether oxygens (including phenoxy) is 1. The van der Waals surface area contributed by atoms with Gasteiger partial charge in [-0.2, -0.15) is 0 Å². The van der Waals surface area contributed by atoms with Crippen molar-refractivity contribution in [3.05, 3.63) is 0 Å². The fourth-order valence-corrected chi connectivity index (χ4v) is 1.59. The number of hydrogen-bond donors (Lipinski definition) is 3. The normalized spacial score (nSPS) is 13.5. The van der Waals surface area contributed by atoms with Gasteiger partial charge in [0.25, 0.3) is 0 Å². The third-order valence-electron chi connectivity index (χ3n) is 2.65. The van der Waals surface area contributed by atoms with Crippen LogP contribution in [0, 0.1) is 5.92 Å². The zero-order valence-electron chi connectivity index (χ0n) is 15.1. The molecule has 0 aliphatic carbocycles. The second-order valence-electron chi connectivity index (χ2n) is 6.75. The van der Waals surface area contributed by atoms with Gasteiger partial charge in [-0.3, -0.25) is 4.99 Å². The van der Waals surface area contributed by atoms with Crippen molar-refractivity contribution in [3.8, 4) is 0 Å². The van der Waals surface area contributed by atoms with Crippen LogP contribution in [0.1, 0.15) is 48.5 Å². The van der Waals surface area contributed by atoms with Crippen molar-refractivity contribution in [3.63, 3.8) is 0 Å². The van der Waals surface area contributed by atoms with Crippen LogP contribution in [0.5, 0.6) is 0 Å². The van der Waals surface area contributed by atoms with Gasteiger partial charge in [0, 0.05) is 19.6 Å². The maximum absolute atomic E-state index is 11.9. The maximum atomic E-state index is 11.9. The highest BCUT2D eigenvalue weighted by Gasteiger charge is 2.21. The largest absolute Gasteiger partial charge is 0.444 e. The van der Waals surface area contributed by atoms with E-state index in [1.807, 2.05) is 34.6 Å². The summed E-state index contributed by atoms with van der Waals surface area (Å²) in [5.74, 6) is 1.00. The lowest BCUT2D eigenvalue weighted by Gasteiger charge is -2.26. The second-order valence-corrected chi connectivity index (χ2v) is 6.75. The van der Waals surface area contributed by atoms with E-state index in [0.29, 0.717) is 12.6 Å². The fourth-order valence-electron chi connectivity index (χ4n) is 1.59. The fraction of sp³-hybridized carbons (Fsp3) is 0.867. The van der Waals surface area contributed by atoms with E-state index in [1.54, 1.807) is 7.05 Å². The van der Waals surface area contributed by atoms with Crippen molar-refractivity contribution in [2.24, 2.45) is 10.9 Å². The predicted molar refractivity (Wildman–Crippen MR) is 103 cm³/mol. The highest BCUT2D eigenvalue weighted by Crippen LogP contribution is 2.08. The van der Waals surface area contributed by atoms with Crippen LogP contribution in [0.4, 0.5) is 4.79 Å². The van der Waals surface area contributed by atoms with Crippen molar-refractivity contribution in [2.75, 3.05) is 13.6 Å². The number of alkyl carbamates (subject to hydrolysis) is 1. The first-order valence-corrected chi connectivity index (χ1v) is 7.52. The Labute approximate surface area is 152 Å². The van der Waals surface area contributed by atoms with Gasteiger partial charge < -0.3 is 20.7 Å². The number of carbonyl (C=O) groups excluding carboxylic acids is 1. The Bertz CT molecular complexity index is 352. The zero-order chi connectivity index (χ0) is 16.6. The molecule has 1 atom stereocenters. The molecule has 0 saturated carbocycles. The van der Waals surface area contributed by atoms with Crippen LogP contribution in [0.15, 0.2) is 4.99 Å². The molecule has 0 radical (unpaired) electrons. The molecule has 0 aromatic carbocycles. The summed E-state index contributed by atoms with van der Waals surface area (Å²) in [6, 6.07) is 0.262. The highest BCUT2D eigenvalue weighted by molar-refractivity contribution is 14.0. The van der Waals surface area contributed by atoms with Crippen LogP contribution in [0.3, 0.4) is 0 Å². The smallest absolute Gasteiger partial charge is 0.407 e. The van der Waals surface area contributed by atoms with Crippen LogP contribution in [-0.4, -0.2) is 43.3 Å². The number of halogens is 1. The summed E-state index contributed by atoms with van der Waals surface area (Å²) >= 11 is 0. The summed E-state index contributed by atoms with van der Waals surface area (Å²) in [6.07, 6.45) is -0.394. The Hall–Kier alpha value is -0.730. The minimum absolute atomic E-state index is 0. The van der Waals surface area contributed by atoms with Gasteiger partial charge in [-0.25, -0.2) is 4.79 Å². The molecule has 22 heavy (non-hydrogen) atoms. The molecule has 0 heterocycles. The molecule has 0 bridgehead atoms. The molecule has 1 unspecified atom stereocenters. The summed E-state index contributed by atoms with van der Waals surface area (Å²) in [4.78, 5) is 16.0. The number of nitrogens with zero attached hydrogens (tertiary/aromatic N) is 1. The minimum atomic E-state index is -0.492. The number of amides is 1. The van der Waals surface area contributed by atoms with Crippen molar-refractivity contribution < 1.29 is 9.53 Å². The lowest BCUT2D eigenvalue weighted by molar-refractivity contribution is 0.0491. The van der Waals surface area contributed by atoms with E-state index in [9.17, 15) is 4.79 Å². The van der Waals surface area contributed by atoms with Crippen molar-refractivity contribution >= 4 is 36.0 Å². The summed E-state index contributed by atoms with van der Waals surface area (Å²) in [5.41, 5.74) is -0.492. The molecule has 3 N–H and O–H groups in total. The van der Waals surface area contributed by atoms with Gasteiger partial charge >= 0.3 is 6.09 Å². The highest BCUT2D eigenvalue weighted by atomic mass is 127. The molecule has 0 aliphatic heterocycles. The molecule has 132 valence electrons. The molecule has 0 aromatic heterocycles. The predicted octanol–water partition coefficient (Wildman–Crippen LogP) is 2.73. The Morgan fingerprint density at radius 2 is 1.68 bits per heavy atom. The topological polar surface area (TPSA) is 74.8 Å². The molecule has 0 aromatic rings. The Morgan fingerprint density at radius 1 is 1.14 bits per heavy atom. The summed E-state index contributed by atoms with van der Waals surface area (Å²) in [5, 5.41) is 9.33. The van der Waals surface area contributed by atoms with Gasteiger partial charge in [0.2, 0.25) is 0 Å². The number of guanidine groups is 1. The van der Waals surface area contributed by atoms with Crippen LogP contribution in [0.25, 0.3) is 0 Å². The minimum Gasteiger partial charge on any atom is -0.444 e. The molecule has 6 nitrogen and oxygen atoms in total. The monoisotopic (exact) mass is 428 g/mol. The van der Waals surface area contributed by atoms with Crippen LogP contribution < -0.4 is 16.0 Å². The molecule has 7 heteroatoms. The molecule has 1 amide bonds. The van der Waals surface area contributed by atoms with Gasteiger partial charge in [0.15, 0.2) is 5.96 Å². The van der Waals surface area contributed by atoms with Crippen LogP contribution in [0.2, 0.25) is 0 Å². The SMILES string of the molecule is CN=C(NCC(NC(=O)OC(C)(C)C)C(C)C)NC(C)C.I. The molecule has 0 saturated heterocycles. The third-order valence-corrected chi connectivity index (χ3v) is 2.65. The summed E-state index contributed by atoms with van der Waals surface area (Å²) in [7, 11) is 1.73.